The summed E-state index contributed by atoms with van der Waals surface area (Å²) >= 11 is 0. The molecule has 1 aliphatic rings. The maximum Gasteiger partial charge on any atom is 0.116 e. The zero-order valence-electron chi connectivity index (χ0n) is 26.0. The summed E-state index contributed by atoms with van der Waals surface area (Å²) in [6.45, 7) is 20.7. The summed E-state index contributed by atoms with van der Waals surface area (Å²) < 4.78 is 0. The van der Waals surface area contributed by atoms with Crippen molar-refractivity contribution in [2.75, 3.05) is 5.32 Å². The Balaban J connectivity index is 0.00000207. The standard InChI is InChI=1S/C35H38N6.C2H6/c1-6-12-30(27-15-11-16-36-20-27)31-19-34(39-25(31)5)35-32(33(7-2)40-41-35)17-23(3)28-18-29(22-37-21-28)38-24(4)26-13-9-8-10-14-26;1-2/h6-7,11-12,15-22,26,38-40H,1,3-4,8-10,13-14H2,2,5H3;1-2H3/b30-12-,32-17+,33-7+;. The number of hydrogen-bond donors (Lipinski definition) is 3. The molecule has 4 heterocycles. The van der Waals surface area contributed by atoms with Crippen LogP contribution in [0.1, 0.15) is 75.3 Å². The molecule has 0 radical (unpaired) electrons. The van der Waals surface area contributed by atoms with Gasteiger partial charge in [-0.15, -0.1) is 0 Å². The molecule has 0 unspecified atom stereocenters. The van der Waals surface area contributed by atoms with E-state index in [1.54, 1.807) is 12.3 Å². The van der Waals surface area contributed by atoms with Gasteiger partial charge in [0, 0.05) is 51.9 Å². The molecule has 6 nitrogen and oxygen atoms in total. The van der Waals surface area contributed by atoms with E-state index in [1.807, 2.05) is 57.6 Å². The number of anilines is 1. The molecule has 6 heteroatoms. The Hall–Kier alpha value is -4.71. The maximum atomic E-state index is 4.69. The van der Waals surface area contributed by atoms with E-state index in [2.05, 4.69) is 76.3 Å². The third-order valence-corrected chi connectivity index (χ3v) is 7.77. The Morgan fingerprint density at radius 3 is 2.49 bits per heavy atom. The molecule has 3 N–H and O–H groups in total. The number of aromatic amines is 2. The van der Waals surface area contributed by atoms with E-state index in [0.717, 1.165) is 66.9 Å². The van der Waals surface area contributed by atoms with Gasteiger partial charge in [-0.25, -0.2) is 0 Å². The second kappa shape index (κ2) is 15.0. The first-order valence-electron chi connectivity index (χ1n) is 15.2. The van der Waals surface area contributed by atoms with Crippen LogP contribution in [0.15, 0.2) is 86.6 Å². The molecule has 0 aliphatic heterocycles. The molecule has 5 rings (SSSR count). The van der Waals surface area contributed by atoms with Crippen molar-refractivity contribution in [3.8, 4) is 11.4 Å². The van der Waals surface area contributed by atoms with E-state index in [-0.39, 0.29) is 0 Å². The number of hydrogen-bond acceptors (Lipinski definition) is 4. The zero-order chi connectivity index (χ0) is 30.8. The Kier molecular flexibility index (Phi) is 10.9. The Morgan fingerprint density at radius 1 is 1.02 bits per heavy atom. The minimum Gasteiger partial charge on any atom is -0.358 e. The minimum atomic E-state index is 0.521. The van der Waals surface area contributed by atoms with Crippen molar-refractivity contribution in [3.63, 3.8) is 0 Å². The van der Waals surface area contributed by atoms with Gasteiger partial charge in [0.15, 0.2) is 0 Å². The highest BCUT2D eigenvalue weighted by Gasteiger charge is 2.17. The van der Waals surface area contributed by atoms with Crippen LogP contribution in [0.3, 0.4) is 0 Å². The average molecular weight is 573 g/mol. The summed E-state index contributed by atoms with van der Waals surface area (Å²) in [6, 6.07) is 8.22. The number of rotatable bonds is 9. The van der Waals surface area contributed by atoms with Gasteiger partial charge in [-0.05, 0) is 68.0 Å². The van der Waals surface area contributed by atoms with Crippen molar-refractivity contribution in [3.05, 3.63) is 120 Å². The topological polar surface area (TPSA) is 82.3 Å². The lowest BCUT2D eigenvalue weighted by molar-refractivity contribution is 0.405. The van der Waals surface area contributed by atoms with E-state index >= 15 is 0 Å². The summed E-state index contributed by atoms with van der Waals surface area (Å²) in [6.07, 6.45) is 21.5. The summed E-state index contributed by atoms with van der Waals surface area (Å²) in [4.78, 5) is 12.4. The first-order valence-corrected chi connectivity index (χ1v) is 15.2. The summed E-state index contributed by atoms with van der Waals surface area (Å²) in [5.74, 6) is 0.521. The average Bonchev–Trinajstić information content (AvgIpc) is 3.64. The quantitative estimate of drug-likeness (QED) is 0.178. The van der Waals surface area contributed by atoms with Crippen LogP contribution >= 0.6 is 0 Å². The van der Waals surface area contributed by atoms with Crippen LogP contribution in [0.2, 0.25) is 0 Å². The second-order valence-corrected chi connectivity index (χ2v) is 10.6. The monoisotopic (exact) mass is 572 g/mol. The molecule has 43 heavy (non-hydrogen) atoms. The van der Waals surface area contributed by atoms with Gasteiger partial charge in [-0.3, -0.25) is 15.1 Å². The van der Waals surface area contributed by atoms with E-state index in [9.17, 15) is 0 Å². The smallest absolute Gasteiger partial charge is 0.116 e. The van der Waals surface area contributed by atoms with Gasteiger partial charge in [-0.1, -0.05) is 77.1 Å². The highest BCUT2D eigenvalue weighted by atomic mass is 15.1. The van der Waals surface area contributed by atoms with E-state index in [4.69, 9.17) is 5.10 Å². The number of nitrogens with one attached hydrogen (secondary N) is 3. The van der Waals surface area contributed by atoms with Crippen molar-refractivity contribution in [1.29, 1.82) is 0 Å². The van der Waals surface area contributed by atoms with Crippen LogP contribution in [0.4, 0.5) is 5.69 Å². The Morgan fingerprint density at radius 2 is 1.79 bits per heavy atom. The van der Waals surface area contributed by atoms with Gasteiger partial charge in [0.05, 0.1) is 22.9 Å². The lowest BCUT2D eigenvalue weighted by atomic mass is 9.87. The molecule has 222 valence electrons. The molecule has 1 aliphatic carbocycles. The van der Waals surface area contributed by atoms with Gasteiger partial charge < -0.3 is 10.3 Å². The highest BCUT2D eigenvalue weighted by Crippen LogP contribution is 2.31. The molecule has 1 fully saturated rings. The van der Waals surface area contributed by atoms with E-state index in [1.165, 1.54) is 32.1 Å². The van der Waals surface area contributed by atoms with Gasteiger partial charge in [0.1, 0.15) is 5.69 Å². The van der Waals surface area contributed by atoms with Crippen LogP contribution < -0.4 is 15.9 Å². The third kappa shape index (κ3) is 7.39. The van der Waals surface area contributed by atoms with Gasteiger partial charge in [0.2, 0.25) is 0 Å². The fourth-order valence-corrected chi connectivity index (χ4v) is 5.56. The molecule has 1 saturated carbocycles. The molecular formula is C37H44N6. The van der Waals surface area contributed by atoms with Gasteiger partial charge in [-0.2, -0.15) is 5.10 Å². The third-order valence-electron chi connectivity index (χ3n) is 7.77. The van der Waals surface area contributed by atoms with Crippen molar-refractivity contribution in [2.45, 2.75) is 59.8 Å². The fraction of sp³-hybridized carbons (Fsp3) is 0.270. The van der Waals surface area contributed by atoms with E-state index in [0.29, 0.717) is 5.92 Å². The number of pyridine rings is 2. The Bertz CT molecular complexity index is 1710. The number of aromatic nitrogens is 5. The number of allylic oxidation sites excluding steroid dienone is 4. The van der Waals surface area contributed by atoms with E-state index < -0.39 is 0 Å². The molecule has 0 aromatic carbocycles. The van der Waals surface area contributed by atoms with Crippen molar-refractivity contribution >= 4 is 29.0 Å². The molecule has 4 aromatic rings. The lowest BCUT2D eigenvalue weighted by Gasteiger charge is -2.24. The van der Waals surface area contributed by atoms with Crippen LogP contribution in [0.25, 0.3) is 34.7 Å². The van der Waals surface area contributed by atoms with Crippen LogP contribution in [0, 0.1) is 12.8 Å². The first kappa shape index (κ1) is 31.2. The highest BCUT2D eigenvalue weighted by molar-refractivity contribution is 5.89. The van der Waals surface area contributed by atoms with Crippen molar-refractivity contribution in [2.24, 2.45) is 5.92 Å². The summed E-state index contributed by atoms with van der Waals surface area (Å²) in [7, 11) is 0. The normalized spacial score (nSPS) is 14.7. The van der Waals surface area contributed by atoms with Gasteiger partial charge in [0.25, 0.3) is 0 Å². The molecule has 0 amide bonds. The molecule has 0 spiro atoms. The van der Waals surface area contributed by atoms with Crippen molar-refractivity contribution < 1.29 is 0 Å². The number of aryl methyl sites for hydroxylation is 1. The lowest BCUT2D eigenvalue weighted by Crippen LogP contribution is -2.23. The number of H-pyrrole nitrogens is 2. The molecular weight excluding hydrogens is 528 g/mol. The molecule has 0 bridgehead atoms. The predicted octanol–water partition coefficient (Wildman–Crippen LogP) is 7.95. The van der Waals surface area contributed by atoms with Crippen LogP contribution in [-0.4, -0.2) is 25.1 Å². The summed E-state index contributed by atoms with van der Waals surface area (Å²) in [5.41, 5.74) is 9.72. The fourth-order valence-electron chi connectivity index (χ4n) is 5.56. The van der Waals surface area contributed by atoms with Crippen LogP contribution in [0.5, 0.6) is 0 Å². The second-order valence-electron chi connectivity index (χ2n) is 10.6. The minimum absolute atomic E-state index is 0.521. The zero-order valence-corrected chi connectivity index (χ0v) is 26.0. The Labute approximate surface area is 255 Å². The number of nitrogens with zero attached hydrogens (tertiary/aromatic N) is 3. The van der Waals surface area contributed by atoms with Crippen molar-refractivity contribution in [1.82, 2.24) is 25.1 Å². The summed E-state index contributed by atoms with van der Waals surface area (Å²) in [5, 5.41) is 13.3. The molecule has 4 aromatic heterocycles. The van der Waals surface area contributed by atoms with Crippen LogP contribution in [-0.2, 0) is 0 Å². The predicted molar refractivity (Wildman–Crippen MR) is 182 cm³/mol. The first-order chi connectivity index (χ1) is 21.0. The molecule has 0 atom stereocenters. The largest absolute Gasteiger partial charge is 0.358 e. The maximum absolute atomic E-state index is 4.69. The van der Waals surface area contributed by atoms with Gasteiger partial charge >= 0.3 is 0 Å². The molecule has 0 saturated heterocycles. The SMILES string of the molecule is C=C/C=C(/c1cccnc1)c1cc(-c2n[nH]c(=C/C)/c2=C\C(=C)c2cncc(NC(=C)C3CCCCC3)c2)[nH]c1C.CC.